The maximum atomic E-state index is 13.1. The summed E-state index contributed by atoms with van der Waals surface area (Å²) < 4.78 is 1.34. The lowest BCUT2D eigenvalue weighted by atomic mass is 10.1. The Balaban J connectivity index is 1.89. The van der Waals surface area contributed by atoms with Crippen LogP contribution in [0.1, 0.15) is 22.4 Å². The van der Waals surface area contributed by atoms with Gasteiger partial charge < -0.3 is 5.11 Å². The third kappa shape index (κ3) is 3.55. The van der Waals surface area contributed by atoms with Gasteiger partial charge in [-0.1, -0.05) is 30.3 Å². The first kappa shape index (κ1) is 18.6. The number of aliphatic imine (C=N–C) groups is 1. The van der Waals surface area contributed by atoms with Gasteiger partial charge in [0.05, 0.1) is 23.5 Å². The van der Waals surface area contributed by atoms with Crippen LogP contribution in [-0.4, -0.2) is 20.9 Å². The molecule has 0 bridgehead atoms. The standard InChI is InChI=1S/C24H21N3O2/c1-16-10-11-19(13-17(16)2)27-23(28)21-9-4-3-8-20(21)22(24(27)29)15-25-14-18-7-5-6-12-26-18/h3-13,15,29H,14H2,1-2H3. The molecule has 0 amide bonds. The van der Waals surface area contributed by atoms with Crippen molar-refractivity contribution in [3.05, 3.63) is 99.6 Å². The van der Waals surface area contributed by atoms with Crippen LogP contribution in [0.5, 0.6) is 5.88 Å². The van der Waals surface area contributed by atoms with Crippen molar-refractivity contribution in [3.63, 3.8) is 0 Å². The SMILES string of the molecule is Cc1ccc(-n2c(O)c(C=NCc3ccccn3)c3ccccc3c2=O)cc1C. The van der Waals surface area contributed by atoms with Gasteiger partial charge in [-0.25, -0.2) is 4.57 Å². The molecule has 0 fully saturated rings. The molecule has 1 N–H and O–H groups in total. The minimum Gasteiger partial charge on any atom is -0.494 e. The highest BCUT2D eigenvalue weighted by molar-refractivity contribution is 6.01. The largest absolute Gasteiger partial charge is 0.494 e. The summed E-state index contributed by atoms with van der Waals surface area (Å²) in [5.74, 6) is -0.123. The molecule has 0 aliphatic carbocycles. The lowest BCUT2D eigenvalue weighted by Gasteiger charge is -2.14. The third-order valence-electron chi connectivity index (χ3n) is 5.05. The monoisotopic (exact) mass is 383 g/mol. The Kier molecular flexibility index (Phi) is 4.96. The van der Waals surface area contributed by atoms with Crippen LogP contribution in [0.25, 0.3) is 16.5 Å². The normalized spacial score (nSPS) is 11.4. The van der Waals surface area contributed by atoms with Crippen LogP contribution in [0.3, 0.4) is 0 Å². The number of pyridine rings is 2. The van der Waals surface area contributed by atoms with E-state index < -0.39 is 0 Å². The topological polar surface area (TPSA) is 67.5 Å². The Morgan fingerprint density at radius 2 is 1.76 bits per heavy atom. The average molecular weight is 383 g/mol. The highest BCUT2D eigenvalue weighted by atomic mass is 16.3. The molecule has 0 aliphatic rings. The number of aromatic hydroxyl groups is 1. The van der Waals surface area contributed by atoms with E-state index >= 15 is 0 Å². The van der Waals surface area contributed by atoms with Gasteiger partial charge in [0, 0.05) is 23.2 Å². The maximum Gasteiger partial charge on any atom is 0.265 e. The summed E-state index contributed by atoms with van der Waals surface area (Å²) in [6.07, 6.45) is 3.33. The zero-order chi connectivity index (χ0) is 20.4. The first-order chi connectivity index (χ1) is 14.1. The van der Waals surface area contributed by atoms with Gasteiger partial charge in [0.15, 0.2) is 0 Å². The minimum absolute atomic E-state index is 0.123. The molecule has 4 aromatic rings. The second kappa shape index (κ2) is 7.72. The highest BCUT2D eigenvalue weighted by Gasteiger charge is 2.16. The smallest absolute Gasteiger partial charge is 0.265 e. The first-order valence-corrected chi connectivity index (χ1v) is 9.40. The quantitative estimate of drug-likeness (QED) is 0.534. The van der Waals surface area contributed by atoms with Gasteiger partial charge in [0.25, 0.3) is 5.56 Å². The second-order valence-electron chi connectivity index (χ2n) is 6.98. The summed E-state index contributed by atoms with van der Waals surface area (Å²) in [4.78, 5) is 21.9. The molecule has 0 spiro atoms. The molecule has 5 heteroatoms. The van der Waals surface area contributed by atoms with Crippen LogP contribution in [0.15, 0.2) is 76.6 Å². The van der Waals surface area contributed by atoms with E-state index in [9.17, 15) is 9.90 Å². The Labute approximate surface area is 168 Å². The summed E-state index contributed by atoms with van der Waals surface area (Å²) in [6, 6.07) is 18.6. The highest BCUT2D eigenvalue weighted by Crippen LogP contribution is 2.26. The van der Waals surface area contributed by atoms with Crippen LogP contribution in [0.4, 0.5) is 0 Å². The first-order valence-electron chi connectivity index (χ1n) is 9.40. The van der Waals surface area contributed by atoms with Crippen molar-refractivity contribution in [1.29, 1.82) is 0 Å². The van der Waals surface area contributed by atoms with E-state index in [1.807, 2.05) is 68.4 Å². The molecule has 0 unspecified atom stereocenters. The number of fused-ring (bicyclic) bond motifs is 1. The molecule has 0 saturated carbocycles. The number of aromatic nitrogens is 2. The summed E-state index contributed by atoms with van der Waals surface area (Å²) >= 11 is 0. The number of hydrogen-bond donors (Lipinski definition) is 1. The Bertz CT molecular complexity index is 1270. The Morgan fingerprint density at radius 1 is 1.00 bits per heavy atom. The molecule has 144 valence electrons. The Hall–Kier alpha value is -3.73. The third-order valence-corrected chi connectivity index (χ3v) is 5.05. The number of rotatable bonds is 4. The molecule has 0 atom stereocenters. The summed E-state index contributed by atoms with van der Waals surface area (Å²) in [5.41, 5.74) is 3.87. The summed E-state index contributed by atoms with van der Waals surface area (Å²) in [7, 11) is 0. The van der Waals surface area contributed by atoms with Gasteiger partial charge in [-0.3, -0.25) is 14.8 Å². The molecule has 0 radical (unpaired) electrons. The van der Waals surface area contributed by atoms with Crippen LogP contribution in [-0.2, 0) is 6.54 Å². The van der Waals surface area contributed by atoms with Crippen molar-refractivity contribution in [2.24, 2.45) is 4.99 Å². The fraction of sp³-hybridized carbons (Fsp3) is 0.125. The van der Waals surface area contributed by atoms with Crippen molar-refractivity contribution >= 4 is 17.0 Å². The fourth-order valence-electron chi connectivity index (χ4n) is 3.32. The molecule has 2 aromatic heterocycles. The molecule has 4 rings (SSSR count). The maximum absolute atomic E-state index is 13.1. The fourth-order valence-corrected chi connectivity index (χ4v) is 3.32. The van der Waals surface area contributed by atoms with E-state index in [1.54, 1.807) is 18.5 Å². The van der Waals surface area contributed by atoms with Crippen LogP contribution in [0.2, 0.25) is 0 Å². The molecule has 2 aromatic carbocycles. The molecule has 0 aliphatic heterocycles. The van der Waals surface area contributed by atoms with E-state index in [0.29, 0.717) is 28.6 Å². The predicted molar refractivity (Wildman–Crippen MR) is 116 cm³/mol. The molecule has 0 saturated heterocycles. The number of hydrogen-bond acceptors (Lipinski definition) is 4. The minimum atomic E-state index is -0.261. The van der Waals surface area contributed by atoms with E-state index in [4.69, 9.17) is 0 Å². The number of aryl methyl sites for hydroxylation is 2. The van der Waals surface area contributed by atoms with Crippen molar-refractivity contribution < 1.29 is 5.11 Å². The van der Waals surface area contributed by atoms with Gasteiger partial charge in [0.1, 0.15) is 0 Å². The van der Waals surface area contributed by atoms with E-state index in [-0.39, 0.29) is 11.4 Å². The number of benzene rings is 2. The van der Waals surface area contributed by atoms with Gasteiger partial charge >= 0.3 is 0 Å². The molecule has 5 nitrogen and oxygen atoms in total. The average Bonchev–Trinajstić information content (AvgIpc) is 2.74. The van der Waals surface area contributed by atoms with E-state index in [2.05, 4.69) is 9.98 Å². The lowest BCUT2D eigenvalue weighted by molar-refractivity contribution is 0.436. The van der Waals surface area contributed by atoms with Gasteiger partial charge in [0.2, 0.25) is 5.88 Å². The zero-order valence-corrected chi connectivity index (χ0v) is 16.3. The lowest BCUT2D eigenvalue weighted by Crippen LogP contribution is -2.20. The van der Waals surface area contributed by atoms with Crippen molar-refractivity contribution in [2.75, 3.05) is 0 Å². The molecular formula is C24H21N3O2. The number of nitrogens with zero attached hydrogens (tertiary/aromatic N) is 3. The van der Waals surface area contributed by atoms with E-state index in [1.165, 1.54) is 4.57 Å². The van der Waals surface area contributed by atoms with Crippen molar-refractivity contribution in [2.45, 2.75) is 20.4 Å². The zero-order valence-electron chi connectivity index (χ0n) is 16.3. The second-order valence-corrected chi connectivity index (χ2v) is 6.98. The van der Waals surface area contributed by atoms with E-state index in [0.717, 1.165) is 16.8 Å². The van der Waals surface area contributed by atoms with Crippen LogP contribution in [0, 0.1) is 13.8 Å². The molecular weight excluding hydrogens is 362 g/mol. The molecule has 2 heterocycles. The van der Waals surface area contributed by atoms with Crippen LogP contribution >= 0.6 is 0 Å². The van der Waals surface area contributed by atoms with Crippen molar-refractivity contribution in [1.82, 2.24) is 9.55 Å². The van der Waals surface area contributed by atoms with Gasteiger partial charge in [-0.2, -0.15) is 0 Å². The predicted octanol–water partition coefficient (Wildman–Crippen LogP) is 4.33. The summed E-state index contributed by atoms with van der Waals surface area (Å²) in [6.45, 7) is 4.38. The van der Waals surface area contributed by atoms with Gasteiger partial charge in [-0.15, -0.1) is 0 Å². The summed E-state index contributed by atoms with van der Waals surface area (Å²) in [5, 5.41) is 12.2. The van der Waals surface area contributed by atoms with Crippen molar-refractivity contribution in [3.8, 4) is 11.6 Å². The Morgan fingerprint density at radius 3 is 2.48 bits per heavy atom. The molecule has 29 heavy (non-hydrogen) atoms. The van der Waals surface area contributed by atoms with Crippen LogP contribution < -0.4 is 5.56 Å². The van der Waals surface area contributed by atoms with Gasteiger partial charge in [-0.05, 0) is 55.3 Å².